The van der Waals surface area contributed by atoms with Crippen molar-refractivity contribution in [3.63, 3.8) is 0 Å². The Balaban J connectivity index is 2.36. The number of β-amino-alcohol motifs (C(OH)–C–C–N with tert-alkyl or cyclic N) is 1. The van der Waals surface area contributed by atoms with E-state index in [1.165, 1.54) is 0 Å². The molecule has 0 bridgehead atoms. The third-order valence-corrected chi connectivity index (χ3v) is 3.07. The van der Waals surface area contributed by atoms with Gasteiger partial charge in [0.15, 0.2) is 0 Å². The first-order valence-corrected chi connectivity index (χ1v) is 5.42. The molecule has 1 heterocycles. The van der Waals surface area contributed by atoms with E-state index in [1.54, 1.807) is 0 Å². The van der Waals surface area contributed by atoms with Gasteiger partial charge in [-0.1, -0.05) is 13.8 Å². The Labute approximate surface area is 86.1 Å². The summed E-state index contributed by atoms with van der Waals surface area (Å²) in [4.78, 5) is 13.7. The zero-order valence-electron chi connectivity index (χ0n) is 9.42. The number of rotatable bonds is 4. The number of ketones is 1. The van der Waals surface area contributed by atoms with Crippen molar-refractivity contribution < 1.29 is 9.90 Å². The topological polar surface area (TPSA) is 40.5 Å². The lowest BCUT2D eigenvalue weighted by molar-refractivity contribution is -0.123. The Morgan fingerprint density at radius 1 is 1.64 bits per heavy atom. The van der Waals surface area contributed by atoms with E-state index >= 15 is 0 Å². The number of aliphatic hydroxyl groups is 1. The summed E-state index contributed by atoms with van der Waals surface area (Å²) in [5.41, 5.74) is -0.588. The Morgan fingerprint density at radius 2 is 2.29 bits per heavy atom. The highest BCUT2D eigenvalue weighted by atomic mass is 16.3. The SMILES string of the molecule is CCC(C)C(=O)CN1CCC(C)(O)C1. The molecule has 1 fully saturated rings. The van der Waals surface area contributed by atoms with Crippen molar-refractivity contribution in [3.05, 3.63) is 0 Å². The summed E-state index contributed by atoms with van der Waals surface area (Å²) in [5, 5.41) is 9.72. The highest BCUT2D eigenvalue weighted by molar-refractivity contribution is 5.82. The maximum atomic E-state index is 11.6. The van der Waals surface area contributed by atoms with Gasteiger partial charge < -0.3 is 5.11 Å². The lowest BCUT2D eigenvalue weighted by atomic mass is 10.0. The smallest absolute Gasteiger partial charge is 0.149 e. The maximum Gasteiger partial charge on any atom is 0.149 e. The lowest BCUT2D eigenvalue weighted by Gasteiger charge is -2.19. The summed E-state index contributed by atoms with van der Waals surface area (Å²) in [6.07, 6.45) is 1.68. The van der Waals surface area contributed by atoms with Gasteiger partial charge in [-0.3, -0.25) is 9.69 Å². The molecule has 1 aliphatic heterocycles. The molecule has 0 aromatic rings. The predicted octanol–water partition coefficient (Wildman–Crippen LogP) is 1.06. The summed E-state index contributed by atoms with van der Waals surface area (Å²) >= 11 is 0. The third kappa shape index (κ3) is 3.07. The van der Waals surface area contributed by atoms with E-state index in [9.17, 15) is 9.90 Å². The minimum atomic E-state index is -0.588. The van der Waals surface area contributed by atoms with Crippen LogP contribution in [0.5, 0.6) is 0 Å². The molecule has 0 aliphatic carbocycles. The van der Waals surface area contributed by atoms with Crippen LogP contribution in [-0.4, -0.2) is 41.0 Å². The molecule has 3 nitrogen and oxygen atoms in total. The van der Waals surface area contributed by atoms with E-state index in [4.69, 9.17) is 0 Å². The van der Waals surface area contributed by atoms with E-state index in [-0.39, 0.29) is 5.92 Å². The number of hydrogen-bond acceptors (Lipinski definition) is 3. The van der Waals surface area contributed by atoms with Crippen LogP contribution >= 0.6 is 0 Å². The molecule has 3 heteroatoms. The molecule has 1 saturated heterocycles. The number of Topliss-reactive ketones (excluding diaryl/α,β-unsaturated/α-hetero) is 1. The molecular formula is C11H21NO2. The maximum absolute atomic E-state index is 11.6. The van der Waals surface area contributed by atoms with Gasteiger partial charge in [-0.15, -0.1) is 0 Å². The summed E-state index contributed by atoms with van der Waals surface area (Å²) in [6, 6.07) is 0. The Bertz CT molecular complexity index is 213. The van der Waals surface area contributed by atoms with Crippen molar-refractivity contribution >= 4 is 5.78 Å². The first kappa shape index (κ1) is 11.7. The highest BCUT2D eigenvalue weighted by Gasteiger charge is 2.32. The average Bonchev–Trinajstić information content (AvgIpc) is 2.44. The van der Waals surface area contributed by atoms with Crippen LogP contribution in [0, 0.1) is 5.92 Å². The lowest BCUT2D eigenvalue weighted by Crippen LogP contribution is -2.34. The zero-order chi connectivity index (χ0) is 10.8. The van der Waals surface area contributed by atoms with Crippen LogP contribution in [0.3, 0.4) is 0 Å². The van der Waals surface area contributed by atoms with Crippen LogP contribution < -0.4 is 0 Å². The third-order valence-electron chi connectivity index (χ3n) is 3.07. The average molecular weight is 199 g/mol. The van der Waals surface area contributed by atoms with Crippen molar-refractivity contribution in [3.8, 4) is 0 Å². The second kappa shape index (κ2) is 4.41. The van der Waals surface area contributed by atoms with Gasteiger partial charge in [0.1, 0.15) is 5.78 Å². The van der Waals surface area contributed by atoms with Crippen LogP contribution in [0.1, 0.15) is 33.6 Å². The van der Waals surface area contributed by atoms with Crippen LogP contribution in [0.2, 0.25) is 0 Å². The van der Waals surface area contributed by atoms with E-state index in [0.29, 0.717) is 18.9 Å². The van der Waals surface area contributed by atoms with Crippen molar-refractivity contribution in [2.75, 3.05) is 19.6 Å². The van der Waals surface area contributed by atoms with Crippen molar-refractivity contribution in [1.29, 1.82) is 0 Å². The quantitative estimate of drug-likeness (QED) is 0.736. The van der Waals surface area contributed by atoms with E-state index in [2.05, 4.69) is 4.90 Å². The van der Waals surface area contributed by atoms with Crippen molar-refractivity contribution in [2.45, 2.75) is 39.2 Å². The van der Waals surface area contributed by atoms with E-state index < -0.39 is 5.60 Å². The number of hydrogen-bond donors (Lipinski definition) is 1. The molecule has 0 amide bonds. The van der Waals surface area contributed by atoms with Gasteiger partial charge in [-0.2, -0.15) is 0 Å². The van der Waals surface area contributed by atoms with Gasteiger partial charge in [0, 0.05) is 19.0 Å². The fraction of sp³-hybridized carbons (Fsp3) is 0.909. The fourth-order valence-electron chi connectivity index (χ4n) is 1.78. The monoisotopic (exact) mass is 199 g/mol. The first-order valence-electron chi connectivity index (χ1n) is 5.42. The van der Waals surface area contributed by atoms with Gasteiger partial charge in [0.2, 0.25) is 0 Å². The molecule has 82 valence electrons. The molecule has 0 aromatic heterocycles. The molecule has 2 unspecified atom stereocenters. The molecule has 1 rings (SSSR count). The van der Waals surface area contributed by atoms with Crippen LogP contribution in [-0.2, 0) is 4.79 Å². The summed E-state index contributed by atoms with van der Waals surface area (Å²) in [5.74, 6) is 0.450. The largest absolute Gasteiger partial charge is 0.389 e. The van der Waals surface area contributed by atoms with E-state index in [0.717, 1.165) is 19.4 Å². The second-order valence-electron chi connectivity index (χ2n) is 4.73. The van der Waals surface area contributed by atoms with Crippen LogP contribution in [0.15, 0.2) is 0 Å². The minimum absolute atomic E-state index is 0.153. The van der Waals surface area contributed by atoms with Gasteiger partial charge in [-0.05, 0) is 19.8 Å². The Morgan fingerprint density at radius 3 is 2.71 bits per heavy atom. The summed E-state index contributed by atoms with van der Waals surface area (Å²) in [6.45, 7) is 7.81. The predicted molar refractivity (Wildman–Crippen MR) is 56.1 cm³/mol. The molecule has 1 aliphatic rings. The van der Waals surface area contributed by atoms with Gasteiger partial charge in [-0.25, -0.2) is 0 Å². The second-order valence-corrected chi connectivity index (χ2v) is 4.73. The summed E-state index contributed by atoms with van der Waals surface area (Å²) in [7, 11) is 0. The fourth-order valence-corrected chi connectivity index (χ4v) is 1.78. The van der Waals surface area contributed by atoms with Crippen molar-refractivity contribution in [1.82, 2.24) is 4.90 Å². The molecule has 0 aromatic carbocycles. The first-order chi connectivity index (χ1) is 6.44. The van der Waals surface area contributed by atoms with Crippen LogP contribution in [0.4, 0.5) is 0 Å². The minimum Gasteiger partial charge on any atom is -0.389 e. The summed E-state index contributed by atoms with van der Waals surface area (Å²) < 4.78 is 0. The van der Waals surface area contributed by atoms with Gasteiger partial charge >= 0.3 is 0 Å². The standard InChI is InChI=1S/C11H21NO2/c1-4-9(2)10(13)7-12-6-5-11(3,14)8-12/h9,14H,4-8H2,1-3H3. The molecule has 14 heavy (non-hydrogen) atoms. The van der Waals surface area contributed by atoms with Gasteiger partial charge in [0.05, 0.1) is 12.1 Å². The van der Waals surface area contributed by atoms with Crippen molar-refractivity contribution in [2.24, 2.45) is 5.92 Å². The normalized spacial score (nSPS) is 30.6. The molecule has 2 atom stereocenters. The Hall–Kier alpha value is -0.410. The molecule has 0 radical (unpaired) electrons. The molecule has 1 N–H and O–H groups in total. The number of carbonyl (C=O) groups is 1. The van der Waals surface area contributed by atoms with E-state index in [1.807, 2.05) is 20.8 Å². The number of nitrogens with zero attached hydrogens (tertiary/aromatic N) is 1. The number of likely N-dealkylation sites (tertiary alicyclic amines) is 1. The zero-order valence-corrected chi connectivity index (χ0v) is 9.42. The molecular weight excluding hydrogens is 178 g/mol. The molecule has 0 saturated carbocycles. The highest BCUT2D eigenvalue weighted by Crippen LogP contribution is 2.20. The Kier molecular flexibility index (Phi) is 3.67. The van der Waals surface area contributed by atoms with Crippen LogP contribution in [0.25, 0.3) is 0 Å². The molecule has 0 spiro atoms. The van der Waals surface area contributed by atoms with Gasteiger partial charge in [0.25, 0.3) is 0 Å². The number of carbonyl (C=O) groups excluding carboxylic acids is 1.